The topological polar surface area (TPSA) is 109 Å². The van der Waals surface area contributed by atoms with Crippen LogP contribution in [-0.4, -0.2) is 58.7 Å². The normalized spacial score (nSPS) is 14.1. The highest BCUT2D eigenvalue weighted by Gasteiger charge is 2.31. The number of hydrogen-bond donors (Lipinski definition) is 3. The van der Waals surface area contributed by atoms with Gasteiger partial charge in [-0.2, -0.15) is 0 Å². The number of rotatable bonds is 8. The molecule has 0 spiro atoms. The lowest BCUT2D eigenvalue weighted by atomic mass is 10.2. The monoisotopic (exact) mass is 539 g/mol. The Morgan fingerprint density at radius 3 is 2.23 bits per heavy atom. The molecule has 1 aromatic heterocycles. The number of aromatic nitrogens is 3. The summed E-state index contributed by atoms with van der Waals surface area (Å²) in [7, 11) is 1.61. The van der Waals surface area contributed by atoms with E-state index in [0.717, 1.165) is 11.4 Å². The van der Waals surface area contributed by atoms with E-state index in [2.05, 4.69) is 30.4 Å². The van der Waals surface area contributed by atoms with Crippen molar-refractivity contribution in [2.75, 3.05) is 30.4 Å². The minimum atomic E-state index is -4.75. The Kier molecular flexibility index (Phi) is 7.23. The molecule has 1 atom stereocenters. The third kappa shape index (κ3) is 6.38. The molecule has 13 heteroatoms. The predicted molar refractivity (Wildman–Crippen MR) is 139 cm³/mol. The predicted octanol–water partition coefficient (Wildman–Crippen LogP) is 4.00. The van der Waals surface area contributed by atoms with Gasteiger partial charge in [-0.05, 0) is 72.8 Å². The van der Waals surface area contributed by atoms with Gasteiger partial charge in [-0.1, -0.05) is 0 Å². The van der Waals surface area contributed by atoms with Crippen LogP contribution in [-0.2, 0) is 0 Å². The Bertz CT molecular complexity index is 1420. The van der Waals surface area contributed by atoms with E-state index in [1.54, 1.807) is 31.4 Å². The highest BCUT2D eigenvalue weighted by Crippen LogP contribution is 2.25. The second-order valence-corrected chi connectivity index (χ2v) is 8.38. The number of methoxy groups -OCH3 is 1. The smallest absolute Gasteiger partial charge is 0.497 e. The molecule has 0 fully saturated rings. The first-order chi connectivity index (χ1) is 18.8. The van der Waals surface area contributed by atoms with Crippen molar-refractivity contribution in [3.63, 3.8) is 0 Å². The molecule has 5 rings (SSSR count). The van der Waals surface area contributed by atoms with Crippen LogP contribution in [0.1, 0.15) is 0 Å². The van der Waals surface area contributed by atoms with Crippen LogP contribution < -0.4 is 25.0 Å². The van der Waals surface area contributed by atoms with Crippen molar-refractivity contribution < 1.29 is 27.8 Å². The fourth-order valence-electron chi connectivity index (χ4n) is 3.94. The maximum absolute atomic E-state index is 12.4. The van der Waals surface area contributed by atoms with E-state index in [9.17, 15) is 18.3 Å². The number of nitrogens with zero attached hydrogens (tertiary/aromatic N) is 5. The number of ether oxygens (including phenoxy) is 2. The summed E-state index contributed by atoms with van der Waals surface area (Å²) >= 11 is 0. The quantitative estimate of drug-likeness (QED) is 0.289. The van der Waals surface area contributed by atoms with Crippen molar-refractivity contribution >= 4 is 17.3 Å². The minimum absolute atomic E-state index is 0.320. The number of aliphatic imine (C=N–C) groups is 1. The van der Waals surface area contributed by atoms with E-state index in [4.69, 9.17) is 4.74 Å². The van der Waals surface area contributed by atoms with Gasteiger partial charge >= 0.3 is 6.36 Å². The summed E-state index contributed by atoms with van der Waals surface area (Å²) < 4.78 is 47.6. The summed E-state index contributed by atoms with van der Waals surface area (Å²) in [5, 5.41) is 20.9. The number of halogens is 3. The second-order valence-electron chi connectivity index (χ2n) is 8.38. The molecule has 1 aliphatic rings. The first-order valence-corrected chi connectivity index (χ1v) is 11.8. The summed E-state index contributed by atoms with van der Waals surface area (Å²) in [6, 6.07) is 20.0. The standard InChI is InChI=1S/C26H24F3N7O3/c1-38-21-10-6-19(7-11-21)35-15-14-30-24(35)33-25(37)32-18-4-2-17(3-5-18)23-31-16-36(34-23)20-8-12-22(13-9-20)39-26(27,28)29/h2-13,16,25,32,37H,14-15H2,1H3,(H,30,33). The van der Waals surface area contributed by atoms with Gasteiger partial charge in [0.05, 0.1) is 19.3 Å². The van der Waals surface area contributed by atoms with E-state index in [0.29, 0.717) is 41.8 Å². The molecule has 0 aliphatic carbocycles. The maximum atomic E-state index is 12.4. The molecule has 0 saturated heterocycles. The lowest BCUT2D eigenvalue weighted by Crippen LogP contribution is -2.47. The van der Waals surface area contributed by atoms with E-state index >= 15 is 0 Å². The van der Waals surface area contributed by atoms with E-state index < -0.39 is 12.7 Å². The number of aliphatic hydroxyl groups is 1. The van der Waals surface area contributed by atoms with Crippen LogP contribution in [0, 0.1) is 0 Å². The molecule has 3 aromatic carbocycles. The zero-order chi connectivity index (χ0) is 27.4. The van der Waals surface area contributed by atoms with Crippen LogP contribution in [0.15, 0.2) is 84.1 Å². The van der Waals surface area contributed by atoms with Gasteiger partial charge in [-0.3, -0.25) is 4.99 Å². The van der Waals surface area contributed by atoms with Gasteiger partial charge < -0.3 is 30.1 Å². The summed E-state index contributed by atoms with van der Waals surface area (Å²) in [6.45, 7) is 1.28. The van der Waals surface area contributed by atoms with Crippen molar-refractivity contribution in [2.24, 2.45) is 4.99 Å². The third-order valence-corrected chi connectivity index (χ3v) is 5.76. The Labute approximate surface area is 221 Å². The molecule has 3 N–H and O–H groups in total. The van der Waals surface area contributed by atoms with Crippen molar-refractivity contribution in [1.29, 1.82) is 0 Å². The highest BCUT2D eigenvalue weighted by molar-refractivity contribution is 5.97. The van der Waals surface area contributed by atoms with Gasteiger partial charge in [-0.25, -0.2) is 9.67 Å². The average Bonchev–Trinajstić information content (AvgIpc) is 3.59. The molecule has 4 aromatic rings. The summed E-state index contributed by atoms with van der Waals surface area (Å²) in [4.78, 5) is 10.7. The van der Waals surface area contributed by atoms with Crippen molar-refractivity contribution in [3.8, 4) is 28.6 Å². The molecule has 10 nitrogen and oxygen atoms in total. The van der Waals surface area contributed by atoms with E-state index in [-0.39, 0.29) is 5.75 Å². The zero-order valence-corrected chi connectivity index (χ0v) is 20.6. The Balaban J connectivity index is 1.18. The molecule has 0 bridgehead atoms. The van der Waals surface area contributed by atoms with E-state index in [1.165, 1.54) is 35.3 Å². The molecule has 39 heavy (non-hydrogen) atoms. The van der Waals surface area contributed by atoms with Crippen LogP contribution in [0.2, 0.25) is 0 Å². The SMILES string of the molecule is COc1ccc(N2CCN=C2NC(O)Nc2ccc(-c3ncn(-c4ccc(OC(F)(F)F)cc4)n3)cc2)cc1. The van der Waals surface area contributed by atoms with E-state index in [1.807, 2.05) is 29.2 Å². The summed E-state index contributed by atoms with van der Waals surface area (Å²) in [6.07, 6.45) is -4.39. The lowest BCUT2D eigenvalue weighted by molar-refractivity contribution is -0.274. The zero-order valence-electron chi connectivity index (χ0n) is 20.6. The van der Waals surface area contributed by atoms with Gasteiger partial charge in [-0.15, -0.1) is 18.3 Å². The number of benzene rings is 3. The molecule has 202 valence electrons. The molecule has 0 amide bonds. The van der Waals surface area contributed by atoms with Crippen LogP contribution in [0.25, 0.3) is 17.1 Å². The number of nitrogens with one attached hydrogen (secondary N) is 2. The molecule has 0 radical (unpaired) electrons. The maximum Gasteiger partial charge on any atom is 0.573 e. The summed E-state index contributed by atoms with van der Waals surface area (Å²) in [5.74, 6) is 1.40. The van der Waals surface area contributed by atoms with Crippen LogP contribution >= 0.6 is 0 Å². The van der Waals surface area contributed by atoms with Crippen LogP contribution in [0.5, 0.6) is 11.5 Å². The number of alkyl halides is 3. The highest BCUT2D eigenvalue weighted by atomic mass is 19.4. The number of aliphatic hydroxyl groups excluding tert-OH is 1. The molecule has 0 saturated carbocycles. The van der Waals surface area contributed by atoms with Crippen LogP contribution in [0.4, 0.5) is 24.5 Å². The molecular weight excluding hydrogens is 515 g/mol. The summed E-state index contributed by atoms with van der Waals surface area (Å²) in [5.41, 5.74) is 2.81. The van der Waals surface area contributed by atoms with Gasteiger partial charge in [0.25, 0.3) is 0 Å². The number of hydrogen-bond acceptors (Lipinski definition) is 9. The minimum Gasteiger partial charge on any atom is -0.497 e. The van der Waals surface area contributed by atoms with Crippen LogP contribution in [0.3, 0.4) is 0 Å². The number of anilines is 2. The fourth-order valence-corrected chi connectivity index (χ4v) is 3.94. The Morgan fingerprint density at radius 2 is 1.56 bits per heavy atom. The molecular formula is C26H24F3N7O3. The lowest BCUT2D eigenvalue weighted by Gasteiger charge is -2.24. The first kappa shape index (κ1) is 25.9. The fraction of sp³-hybridized carbons (Fsp3) is 0.192. The second kappa shape index (κ2) is 10.9. The average molecular weight is 540 g/mol. The third-order valence-electron chi connectivity index (χ3n) is 5.76. The van der Waals surface area contributed by atoms with Crippen molar-refractivity contribution in [3.05, 3.63) is 79.1 Å². The Morgan fingerprint density at radius 1 is 0.897 bits per heavy atom. The van der Waals surface area contributed by atoms with Crippen molar-refractivity contribution in [1.82, 2.24) is 20.1 Å². The van der Waals surface area contributed by atoms with Crippen molar-refractivity contribution in [2.45, 2.75) is 12.7 Å². The van der Waals surface area contributed by atoms with Gasteiger partial charge in [0.2, 0.25) is 12.3 Å². The molecule has 2 heterocycles. The number of guanidine groups is 1. The van der Waals surface area contributed by atoms with Gasteiger partial charge in [0.1, 0.15) is 17.8 Å². The van der Waals surface area contributed by atoms with Gasteiger partial charge in [0, 0.05) is 23.5 Å². The molecule has 1 unspecified atom stereocenters. The first-order valence-electron chi connectivity index (χ1n) is 11.8. The largest absolute Gasteiger partial charge is 0.573 e. The molecule has 1 aliphatic heterocycles. The van der Waals surface area contributed by atoms with Gasteiger partial charge in [0.15, 0.2) is 5.82 Å². The Hall–Kier alpha value is -4.78.